The zero-order valence-electron chi connectivity index (χ0n) is 21.4. The number of para-hydroxylation sites is 1. The van der Waals surface area contributed by atoms with Crippen LogP contribution in [0.15, 0.2) is 119 Å². The Kier molecular flexibility index (Phi) is 8.45. The Morgan fingerprint density at radius 2 is 1.59 bits per heavy atom. The van der Waals surface area contributed by atoms with E-state index in [0.29, 0.717) is 11.8 Å². The summed E-state index contributed by atoms with van der Waals surface area (Å²) < 4.78 is 7.78. The lowest BCUT2D eigenvalue weighted by Gasteiger charge is -2.10. The molecule has 5 aromatic rings. The highest BCUT2D eigenvalue weighted by Crippen LogP contribution is 2.28. The van der Waals surface area contributed by atoms with Gasteiger partial charge in [0, 0.05) is 11.3 Å². The largest absolute Gasteiger partial charge is 0.489 e. The van der Waals surface area contributed by atoms with E-state index in [4.69, 9.17) is 4.74 Å². The van der Waals surface area contributed by atoms with E-state index in [9.17, 15) is 4.79 Å². The number of aryl methyl sites for hydroxylation is 1. The molecule has 0 spiro atoms. The minimum Gasteiger partial charge on any atom is -0.489 e. The maximum Gasteiger partial charge on any atom is 0.250 e. The van der Waals surface area contributed by atoms with Gasteiger partial charge in [-0.15, -0.1) is 10.2 Å². The van der Waals surface area contributed by atoms with Crippen LogP contribution < -0.4 is 10.2 Å². The molecule has 0 saturated heterocycles. The average molecular weight is 534 g/mol. The first kappa shape index (κ1) is 25.9. The van der Waals surface area contributed by atoms with E-state index >= 15 is 0 Å². The number of hydrazone groups is 1. The standard InChI is InChI=1S/C31H27N5O2S/c1-23-12-16-26(17-13-23)30-34-35-31(36(30)27-10-6-3-7-11-27)39-22-29(37)33-32-20-24-14-18-28(19-15-24)38-21-25-8-4-2-5-9-25/h2-20H,21-22H2,1H3,(H,33,37)/b32-20-. The van der Waals surface area contributed by atoms with Gasteiger partial charge >= 0.3 is 0 Å². The second-order valence-electron chi connectivity index (χ2n) is 8.77. The van der Waals surface area contributed by atoms with Crippen molar-refractivity contribution in [2.24, 2.45) is 5.10 Å². The molecule has 0 unspecified atom stereocenters. The van der Waals surface area contributed by atoms with Gasteiger partial charge in [0.25, 0.3) is 5.91 Å². The van der Waals surface area contributed by atoms with Crippen LogP contribution in [-0.4, -0.2) is 32.6 Å². The van der Waals surface area contributed by atoms with Crippen molar-refractivity contribution < 1.29 is 9.53 Å². The molecule has 0 bridgehead atoms. The molecule has 0 saturated carbocycles. The van der Waals surface area contributed by atoms with Crippen molar-refractivity contribution in [3.05, 3.63) is 126 Å². The van der Waals surface area contributed by atoms with Gasteiger partial charge in [-0.1, -0.05) is 90.1 Å². The summed E-state index contributed by atoms with van der Waals surface area (Å²) in [6.07, 6.45) is 1.60. The summed E-state index contributed by atoms with van der Waals surface area (Å²) in [6.45, 7) is 2.55. The number of benzene rings is 4. The Hall–Kier alpha value is -4.69. The normalized spacial score (nSPS) is 11.0. The van der Waals surface area contributed by atoms with E-state index in [-0.39, 0.29) is 11.7 Å². The second-order valence-corrected chi connectivity index (χ2v) is 9.71. The maximum absolute atomic E-state index is 12.5. The summed E-state index contributed by atoms with van der Waals surface area (Å²) in [6, 6.07) is 35.6. The van der Waals surface area contributed by atoms with Crippen molar-refractivity contribution >= 4 is 23.9 Å². The fraction of sp³-hybridized carbons (Fsp3) is 0.0968. The molecular formula is C31H27N5O2S. The molecule has 1 aromatic heterocycles. The fourth-order valence-corrected chi connectivity index (χ4v) is 4.54. The molecule has 0 aliphatic carbocycles. The van der Waals surface area contributed by atoms with Crippen molar-refractivity contribution in [2.75, 3.05) is 5.75 Å². The Morgan fingerprint density at radius 1 is 0.897 bits per heavy atom. The van der Waals surface area contributed by atoms with Crippen LogP contribution in [0.2, 0.25) is 0 Å². The van der Waals surface area contributed by atoms with Gasteiger partial charge in [0.05, 0.1) is 12.0 Å². The van der Waals surface area contributed by atoms with E-state index in [1.807, 2.05) is 121 Å². The molecule has 4 aromatic carbocycles. The number of carbonyl (C=O) groups excluding carboxylic acids is 1. The van der Waals surface area contributed by atoms with Gasteiger partial charge in [0.2, 0.25) is 0 Å². The highest BCUT2D eigenvalue weighted by atomic mass is 32.2. The average Bonchev–Trinajstić information content (AvgIpc) is 3.41. The highest BCUT2D eigenvalue weighted by Gasteiger charge is 2.17. The summed E-state index contributed by atoms with van der Waals surface area (Å²) in [4.78, 5) is 12.5. The van der Waals surface area contributed by atoms with E-state index in [0.717, 1.165) is 34.0 Å². The Labute approximate surface area is 231 Å². The minimum absolute atomic E-state index is 0.141. The first-order valence-electron chi connectivity index (χ1n) is 12.4. The van der Waals surface area contributed by atoms with Crippen molar-refractivity contribution in [3.8, 4) is 22.8 Å². The number of nitrogens with zero attached hydrogens (tertiary/aromatic N) is 4. The zero-order valence-corrected chi connectivity index (χ0v) is 22.2. The molecule has 0 aliphatic rings. The molecule has 1 amide bonds. The predicted molar refractivity (Wildman–Crippen MR) is 155 cm³/mol. The Balaban J connectivity index is 1.18. The monoisotopic (exact) mass is 533 g/mol. The van der Waals surface area contributed by atoms with Gasteiger partial charge in [0.15, 0.2) is 11.0 Å². The number of hydrogen-bond acceptors (Lipinski definition) is 6. The number of thioether (sulfide) groups is 1. The van der Waals surface area contributed by atoms with Crippen LogP contribution in [-0.2, 0) is 11.4 Å². The third-order valence-corrected chi connectivity index (χ3v) is 6.75. The number of ether oxygens (including phenoxy) is 1. The van der Waals surface area contributed by atoms with Crippen LogP contribution in [0, 0.1) is 6.92 Å². The smallest absolute Gasteiger partial charge is 0.250 e. The van der Waals surface area contributed by atoms with Gasteiger partial charge in [-0.2, -0.15) is 5.10 Å². The number of rotatable bonds is 10. The van der Waals surface area contributed by atoms with E-state index in [1.54, 1.807) is 6.21 Å². The number of aromatic nitrogens is 3. The summed E-state index contributed by atoms with van der Waals surface area (Å²) in [7, 11) is 0. The van der Waals surface area contributed by atoms with Gasteiger partial charge in [-0.3, -0.25) is 9.36 Å². The zero-order chi connectivity index (χ0) is 26.9. The van der Waals surface area contributed by atoms with E-state index < -0.39 is 0 Å². The lowest BCUT2D eigenvalue weighted by molar-refractivity contribution is -0.118. The summed E-state index contributed by atoms with van der Waals surface area (Å²) in [5, 5.41) is 13.5. The Morgan fingerprint density at radius 3 is 2.31 bits per heavy atom. The van der Waals surface area contributed by atoms with Crippen molar-refractivity contribution in [3.63, 3.8) is 0 Å². The number of hydrogen-bond donors (Lipinski definition) is 1. The molecule has 0 atom stereocenters. The van der Waals surface area contributed by atoms with Crippen LogP contribution in [0.25, 0.3) is 17.1 Å². The van der Waals surface area contributed by atoms with Crippen molar-refractivity contribution in [1.29, 1.82) is 0 Å². The van der Waals surface area contributed by atoms with E-state index in [2.05, 4.69) is 20.7 Å². The van der Waals surface area contributed by atoms with Crippen molar-refractivity contribution in [2.45, 2.75) is 18.7 Å². The third-order valence-electron chi connectivity index (χ3n) is 5.82. The van der Waals surface area contributed by atoms with Gasteiger partial charge < -0.3 is 4.74 Å². The number of amides is 1. The molecule has 0 fully saturated rings. The van der Waals surface area contributed by atoms with Crippen LogP contribution in [0.4, 0.5) is 0 Å². The highest BCUT2D eigenvalue weighted by molar-refractivity contribution is 7.99. The number of carbonyl (C=O) groups is 1. The minimum atomic E-state index is -0.237. The van der Waals surface area contributed by atoms with Crippen LogP contribution in [0.1, 0.15) is 16.7 Å². The quantitative estimate of drug-likeness (QED) is 0.134. The molecular weight excluding hydrogens is 506 g/mol. The molecule has 7 nitrogen and oxygen atoms in total. The molecule has 194 valence electrons. The lowest BCUT2D eigenvalue weighted by Crippen LogP contribution is -2.20. The van der Waals surface area contributed by atoms with E-state index in [1.165, 1.54) is 17.3 Å². The third kappa shape index (κ3) is 7.00. The summed E-state index contributed by atoms with van der Waals surface area (Å²) in [5.41, 5.74) is 7.59. The second kappa shape index (κ2) is 12.7. The Bertz CT molecular complexity index is 1530. The molecule has 5 rings (SSSR count). The first-order valence-corrected chi connectivity index (χ1v) is 13.4. The van der Waals surface area contributed by atoms with Crippen molar-refractivity contribution in [1.82, 2.24) is 20.2 Å². The predicted octanol–water partition coefficient (Wildman–Crippen LogP) is 6.06. The van der Waals surface area contributed by atoms with Crippen LogP contribution in [0.5, 0.6) is 5.75 Å². The fourth-order valence-electron chi connectivity index (χ4n) is 3.80. The summed E-state index contributed by atoms with van der Waals surface area (Å²) in [5.74, 6) is 1.39. The van der Waals surface area contributed by atoms with Gasteiger partial charge in [-0.05, 0) is 54.4 Å². The van der Waals surface area contributed by atoms with Crippen LogP contribution >= 0.6 is 11.8 Å². The molecule has 0 aliphatic heterocycles. The lowest BCUT2D eigenvalue weighted by atomic mass is 10.1. The SMILES string of the molecule is Cc1ccc(-c2nnc(SCC(=O)N/N=C\c3ccc(OCc4ccccc4)cc3)n2-c2ccccc2)cc1. The molecule has 1 N–H and O–H groups in total. The van der Waals surface area contributed by atoms with Gasteiger partial charge in [0.1, 0.15) is 12.4 Å². The van der Waals surface area contributed by atoms with Gasteiger partial charge in [-0.25, -0.2) is 5.43 Å². The number of nitrogens with one attached hydrogen (secondary N) is 1. The summed E-state index contributed by atoms with van der Waals surface area (Å²) >= 11 is 1.31. The molecule has 1 heterocycles. The maximum atomic E-state index is 12.5. The first-order chi connectivity index (χ1) is 19.2. The topological polar surface area (TPSA) is 81.4 Å². The molecule has 39 heavy (non-hydrogen) atoms. The van der Waals surface area contributed by atoms with Crippen LogP contribution in [0.3, 0.4) is 0 Å². The molecule has 8 heteroatoms. The molecule has 0 radical (unpaired) electrons.